The SMILES string of the molecule is NS(=O)(=O)c1ccc(NC(=O)CN2CCNCC2)c(Br)c1. The van der Waals surface area contributed by atoms with Gasteiger partial charge in [0.05, 0.1) is 17.1 Å². The van der Waals surface area contributed by atoms with Crippen molar-refractivity contribution < 1.29 is 13.2 Å². The molecule has 0 unspecified atom stereocenters. The highest BCUT2D eigenvalue weighted by Gasteiger charge is 2.15. The Kier molecular flexibility index (Phi) is 5.33. The highest BCUT2D eigenvalue weighted by Crippen LogP contribution is 2.25. The minimum absolute atomic E-state index is 0.00511. The number of hydrogen-bond acceptors (Lipinski definition) is 5. The molecule has 0 spiro atoms. The quantitative estimate of drug-likeness (QED) is 0.682. The number of anilines is 1. The Labute approximate surface area is 132 Å². The van der Waals surface area contributed by atoms with Crippen LogP contribution < -0.4 is 15.8 Å². The van der Waals surface area contributed by atoms with E-state index >= 15 is 0 Å². The van der Waals surface area contributed by atoms with Crippen LogP contribution in [-0.2, 0) is 14.8 Å². The summed E-state index contributed by atoms with van der Waals surface area (Å²) in [6.45, 7) is 3.73. The first-order chi connectivity index (χ1) is 9.86. The molecule has 1 fully saturated rings. The Morgan fingerprint density at radius 2 is 2.05 bits per heavy atom. The van der Waals surface area contributed by atoms with Gasteiger partial charge in [0.25, 0.3) is 0 Å². The lowest BCUT2D eigenvalue weighted by molar-refractivity contribution is -0.117. The fraction of sp³-hybridized carbons (Fsp3) is 0.417. The van der Waals surface area contributed by atoms with Crippen molar-refractivity contribution >= 4 is 37.5 Å². The van der Waals surface area contributed by atoms with Crippen molar-refractivity contribution in [2.45, 2.75) is 4.90 Å². The molecule has 0 saturated carbocycles. The number of sulfonamides is 1. The van der Waals surface area contributed by atoms with Crippen molar-refractivity contribution in [3.63, 3.8) is 0 Å². The van der Waals surface area contributed by atoms with Crippen molar-refractivity contribution in [3.8, 4) is 0 Å². The smallest absolute Gasteiger partial charge is 0.238 e. The maximum absolute atomic E-state index is 12.0. The third-order valence-corrected chi connectivity index (χ3v) is 4.69. The molecule has 0 bridgehead atoms. The molecule has 1 amide bonds. The summed E-state index contributed by atoms with van der Waals surface area (Å²) in [5.74, 6) is -0.138. The molecule has 0 atom stereocenters. The van der Waals surface area contributed by atoms with Crippen LogP contribution in [0.25, 0.3) is 0 Å². The molecule has 1 aromatic rings. The number of hydrogen-bond donors (Lipinski definition) is 3. The summed E-state index contributed by atoms with van der Waals surface area (Å²) in [5.41, 5.74) is 0.516. The molecule has 0 aromatic heterocycles. The van der Waals surface area contributed by atoms with Crippen LogP contribution in [0, 0.1) is 0 Å². The predicted molar refractivity (Wildman–Crippen MR) is 83.5 cm³/mol. The Hall–Kier alpha value is -1.00. The summed E-state index contributed by atoms with van der Waals surface area (Å²) in [5, 5.41) is 11.0. The van der Waals surface area contributed by atoms with Crippen molar-refractivity contribution in [2.24, 2.45) is 5.14 Å². The number of piperazine rings is 1. The van der Waals surface area contributed by atoms with Gasteiger partial charge in [0, 0.05) is 30.7 Å². The molecule has 9 heteroatoms. The lowest BCUT2D eigenvalue weighted by Crippen LogP contribution is -2.46. The van der Waals surface area contributed by atoms with Crippen molar-refractivity contribution in [1.29, 1.82) is 0 Å². The summed E-state index contributed by atoms with van der Waals surface area (Å²) in [6.07, 6.45) is 0. The summed E-state index contributed by atoms with van der Waals surface area (Å²) in [4.78, 5) is 14.0. The second-order valence-corrected chi connectivity index (χ2v) is 7.18. The molecule has 1 aliphatic heterocycles. The standard InChI is InChI=1S/C12H17BrN4O3S/c13-10-7-9(21(14,19)20)1-2-11(10)16-12(18)8-17-5-3-15-4-6-17/h1-2,7,15H,3-6,8H2,(H,16,18)(H2,14,19,20). The zero-order valence-electron chi connectivity index (χ0n) is 11.3. The van der Waals surface area contributed by atoms with Crippen LogP contribution >= 0.6 is 15.9 Å². The molecule has 1 saturated heterocycles. The van der Waals surface area contributed by atoms with E-state index in [2.05, 4.69) is 31.5 Å². The zero-order valence-corrected chi connectivity index (χ0v) is 13.7. The average molecular weight is 377 g/mol. The normalized spacial score (nSPS) is 16.7. The Balaban J connectivity index is 2.00. The number of amides is 1. The van der Waals surface area contributed by atoms with E-state index in [4.69, 9.17) is 5.14 Å². The first-order valence-corrected chi connectivity index (χ1v) is 8.75. The van der Waals surface area contributed by atoms with E-state index < -0.39 is 10.0 Å². The Bertz CT molecular complexity index is 629. The molecule has 1 heterocycles. The van der Waals surface area contributed by atoms with E-state index in [-0.39, 0.29) is 10.8 Å². The van der Waals surface area contributed by atoms with Gasteiger partial charge in [-0.1, -0.05) is 0 Å². The topological polar surface area (TPSA) is 105 Å². The molecule has 0 aliphatic carbocycles. The van der Waals surface area contributed by atoms with Crippen LogP contribution in [-0.4, -0.2) is 51.9 Å². The van der Waals surface area contributed by atoms with E-state index in [0.717, 1.165) is 26.2 Å². The highest BCUT2D eigenvalue weighted by atomic mass is 79.9. The highest BCUT2D eigenvalue weighted by molar-refractivity contribution is 9.10. The molecular weight excluding hydrogens is 360 g/mol. The monoisotopic (exact) mass is 376 g/mol. The molecule has 1 aliphatic rings. The molecule has 7 nitrogen and oxygen atoms in total. The number of halogens is 1. The van der Waals surface area contributed by atoms with Gasteiger partial charge >= 0.3 is 0 Å². The third-order valence-electron chi connectivity index (χ3n) is 3.12. The molecule has 116 valence electrons. The number of benzene rings is 1. The van der Waals surface area contributed by atoms with Crippen molar-refractivity contribution in [2.75, 3.05) is 38.0 Å². The summed E-state index contributed by atoms with van der Waals surface area (Å²) < 4.78 is 23.0. The van der Waals surface area contributed by atoms with Gasteiger partial charge in [-0.25, -0.2) is 13.6 Å². The van der Waals surface area contributed by atoms with Gasteiger partial charge < -0.3 is 10.6 Å². The van der Waals surface area contributed by atoms with Crippen LogP contribution in [0.2, 0.25) is 0 Å². The fourth-order valence-electron chi connectivity index (χ4n) is 2.04. The Morgan fingerprint density at radius 1 is 1.38 bits per heavy atom. The maximum Gasteiger partial charge on any atom is 0.238 e. The molecule has 1 aromatic carbocycles. The van der Waals surface area contributed by atoms with Gasteiger partial charge in [0.1, 0.15) is 0 Å². The summed E-state index contributed by atoms with van der Waals surface area (Å²) in [7, 11) is -3.75. The van der Waals surface area contributed by atoms with E-state index in [0.29, 0.717) is 16.7 Å². The predicted octanol–water partition coefficient (Wildman–Crippen LogP) is -0.0598. The number of nitrogens with one attached hydrogen (secondary N) is 2. The second kappa shape index (κ2) is 6.84. The number of nitrogens with zero attached hydrogens (tertiary/aromatic N) is 1. The number of nitrogens with two attached hydrogens (primary N) is 1. The van der Waals surface area contributed by atoms with Gasteiger partial charge in [-0.15, -0.1) is 0 Å². The van der Waals surface area contributed by atoms with E-state index in [1.54, 1.807) is 0 Å². The Morgan fingerprint density at radius 3 is 2.62 bits per heavy atom. The van der Waals surface area contributed by atoms with Crippen LogP contribution in [0.3, 0.4) is 0 Å². The van der Waals surface area contributed by atoms with E-state index in [1.165, 1.54) is 18.2 Å². The van der Waals surface area contributed by atoms with Gasteiger partial charge in [0.15, 0.2) is 0 Å². The first-order valence-electron chi connectivity index (χ1n) is 6.41. The van der Waals surface area contributed by atoms with Gasteiger partial charge in [-0.2, -0.15) is 0 Å². The van der Waals surface area contributed by atoms with Crippen molar-refractivity contribution in [1.82, 2.24) is 10.2 Å². The number of primary sulfonamides is 1. The van der Waals surface area contributed by atoms with Gasteiger partial charge in [-0.05, 0) is 34.1 Å². The fourth-order valence-corrected chi connectivity index (χ4v) is 3.21. The number of carbonyl (C=O) groups is 1. The van der Waals surface area contributed by atoms with Crippen LogP contribution in [0.15, 0.2) is 27.6 Å². The largest absolute Gasteiger partial charge is 0.324 e. The summed E-state index contributed by atoms with van der Waals surface area (Å²) in [6, 6.07) is 4.25. The minimum Gasteiger partial charge on any atom is -0.324 e. The number of carbonyl (C=O) groups excluding carboxylic acids is 1. The lowest BCUT2D eigenvalue weighted by Gasteiger charge is -2.26. The molecule has 21 heavy (non-hydrogen) atoms. The van der Waals surface area contributed by atoms with Crippen LogP contribution in [0.4, 0.5) is 5.69 Å². The van der Waals surface area contributed by atoms with Crippen LogP contribution in [0.5, 0.6) is 0 Å². The van der Waals surface area contributed by atoms with Crippen molar-refractivity contribution in [3.05, 3.63) is 22.7 Å². The maximum atomic E-state index is 12.0. The van der Waals surface area contributed by atoms with E-state index in [1.807, 2.05) is 0 Å². The first kappa shape index (κ1) is 16.4. The molecule has 0 radical (unpaired) electrons. The van der Waals surface area contributed by atoms with Crippen LogP contribution in [0.1, 0.15) is 0 Å². The average Bonchev–Trinajstić information content (AvgIpc) is 2.41. The number of rotatable bonds is 4. The molecule has 4 N–H and O–H groups in total. The molecule has 2 rings (SSSR count). The van der Waals surface area contributed by atoms with Gasteiger partial charge in [-0.3, -0.25) is 9.69 Å². The molecular formula is C12H17BrN4O3S. The third kappa shape index (κ3) is 4.75. The van der Waals surface area contributed by atoms with Gasteiger partial charge in [0.2, 0.25) is 15.9 Å². The second-order valence-electron chi connectivity index (χ2n) is 4.76. The zero-order chi connectivity index (χ0) is 15.5. The minimum atomic E-state index is -3.75. The lowest BCUT2D eigenvalue weighted by atomic mass is 10.3. The van der Waals surface area contributed by atoms with E-state index in [9.17, 15) is 13.2 Å². The summed E-state index contributed by atoms with van der Waals surface area (Å²) >= 11 is 3.23.